The van der Waals surface area contributed by atoms with Gasteiger partial charge < -0.3 is 4.57 Å². The van der Waals surface area contributed by atoms with Crippen molar-refractivity contribution in [3.05, 3.63) is 41.2 Å². The Hall–Kier alpha value is -1.00. The fourth-order valence-corrected chi connectivity index (χ4v) is 2.22. The fourth-order valence-electron chi connectivity index (χ4n) is 1.18. The van der Waals surface area contributed by atoms with E-state index in [9.17, 15) is 0 Å². The molecular weight excluding hydrogens is 230 g/mol. The number of thioether (sulfide) groups is 1. The predicted molar refractivity (Wildman–Crippen MR) is 62.0 cm³/mol. The number of aryl methyl sites for hydroxylation is 1. The molecule has 2 rings (SSSR count). The summed E-state index contributed by atoms with van der Waals surface area (Å²) in [7, 11) is 1.93. The Morgan fingerprint density at radius 2 is 2.33 bits per heavy atom. The molecule has 0 aliphatic rings. The second-order valence-corrected chi connectivity index (χ2v) is 4.52. The summed E-state index contributed by atoms with van der Waals surface area (Å²) in [5.41, 5.74) is 1.19. The van der Waals surface area contributed by atoms with E-state index >= 15 is 0 Å². The third-order valence-corrected chi connectivity index (χ3v) is 3.27. The smallest absolute Gasteiger partial charge is 0.191 e. The Morgan fingerprint density at radius 1 is 1.47 bits per heavy atom. The lowest BCUT2D eigenvalue weighted by Gasteiger charge is -2.01. The molecule has 0 aliphatic heterocycles. The van der Waals surface area contributed by atoms with Crippen molar-refractivity contribution in [3.8, 4) is 0 Å². The second kappa shape index (κ2) is 4.68. The van der Waals surface area contributed by atoms with E-state index in [1.54, 1.807) is 18.1 Å². The van der Waals surface area contributed by atoms with Gasteiger partial charge in [0.1, 0.15) is 6.33 Å². The molecule has 0 fully saturated rings. The van der Waals surface area contributed by atoms with Crippen LogP contribution >= 0.6 is 23.4 Å². The summed E-state index contributed by atoms with van der Waals surface area (Å²) in [5.74, 6) is 0.854. The molecule has 0 atom stereocenters. The summed E-state index contributed by atoms with van der Waals surface area (Å²) in [5, 5.41) is 9.50. The van der Waals surface area contributed by atoms with Crippen molar-refractivity contribution in [2.45, 2.75) is 10.9 Å². The van der Waals surface area contributed by atoms with E-state index in [1.807, 2.05) is 29.8 Å². The van der Waals surface area contributed by atoms with Crippen LogP contribution in [-0.4, -0.2) is 14.8 Å². The van der Waals surface area contributed by atoms with Crippen molar-refractivity contribution < 1.29 is 0 Å². The van der Waals surface area contributed by atoms with E-state index in [4.69, 9.17) is 11.6 Å². The highest BCUT2D eigenvalue weighted by Gasteiger charge is 2.02. The Labute approximate surface area is 97.5 Å². The highest BCUT2D eigenvalue weighted by molar-refractivity contribution is 7.98. The molecule has 1 aromatic heterocycles. The van der Waals surface area contributed by atoms with Gasteiger partial charge in [0.2, 0.25) is 0 Å². The van der Waals surface area contributed by atoms with Crippen LogP contribution in [0, 0.1) is 0 Å². The highest BCUT2D eigenvalue weighted by Crippen LogP contribution is 2.21. The van der Waals surface area contributed by atoms with Gasteiger partial charge in [-0.15, -0.1) is 10.2 Å². The van der Waals surface area contributed by atoms with E-state index in [0.29, 0.717) is 0 Å². The van der Waals surface area contributed by atoms with Crippen molar-refractivity contribution in [3.63, 3.8) is 0 Å². The molecule has 1 aromatic carbocycles. The second-order valence-electron chi connectivity index (χ2n) is 3.14. The molecule has 0 unspecified atom stereocenters. The van der Waals surface area contributed by atoms with Crippen molar-refractivity contribution >= 4 is 23.4 Å². The van der Waals surface area contributed by atoms with Crippen LogP contribution in [0.15, 0.2) is 35.7 Å². The summed E-state index contributed by atoms with van der Waals surface area (Å²) in [4.78, 5) is 0. The molecule has 15 heavy (non-hydrogen) atoms. The van der Waals surface area contributed by atoms with Gasteiger partial charge in [0.25, 0.3) is 0 Å². The summed E-state index contributed by atoms with van der Waals surface area (Å²) in [6.45, 7) is 0. The third-order valence-electron chi connectivity index (χ3n) is 1.93. The maximum atomic E-state index is 5.89. The van der Waals surface area contributed by atoms with Crippen LogP contribution in [0.25, 0.3) is 0 Å². The van der Waals surface area contributed by atoms with Gasteiger partial charge in [-0.05, 0) is 17.7 Å². The predicted octanol–water partition coefficient (Wildman–Crippen LogP) is 2.76. The first-order valence-corrected chi connectivity index (χ1v) is 5.83. The number of halogens is 1. The zero-order valence-electron chi connectivity index (χ0n) is 8.22. The molecule has 3 nitrogen and oxygen atoms in total. The molecule has 2 aromatic rings. The minimum atomic E-state index is 0.770. The van der Waals surface area contributed by atoms with Gasteiger partial charge in [0.05, 0.1) is 0 Å². The van der Waals surface area contributed by atoms with Gasteiger partial charge in [0.15, 0.2) is 5.16 Å². The highest BCUT2D eigenvalue weighted by atomic mass is 35.5. The first-order chi connectivity index (χ1) is 7.25. The fraction of sp³-hybridized carbons (Fsp3) is 0.200. The molecule has 0 saturated carbocycles. The van der Waals surface area contributed by atoms with Crippen molar-refractivity contribution in [2.75, 3.05) is 0 Å². The lowest BCUT2D eigenvalue weighted by molar-refractivity contribution is 0.788. The monoisotopic (exact) mass is 239 g/mol. The van der Waals surface area contributed by atoms with E-state index in [1.165, 1.54) is 5.56 Å². The first-order valence-electron chi connectivity index (χ1n) is 4.47. The normalized spacial score (nSPS) is 10.5. The van der Waals surface area contributed by atoms with E-state index in [0.717, 1.165) is 15.9 Å². The molecular formula is C10H10ClN3S. The molecule has 1 heterocycles. The number of hydrogen-bond acceptors (Lipinski definition) is 3. The molecule has 0 aliphatic carbocycles. The quantitative estimate of drug-likeness (QED) is 0.772. The zero-order chi connectivity index (χ0) is 10.7. The van der Waals surface area contributed by atoms with Crippen molar-refractivity contribution in [2.24, 2.45) is 7.05 Å². The average Bonchev–Trinajstić information content (AvgIpc) is 2.61. The van der Waals surface area contributed by atoms with Gasteiger partial charge in [-0.3, -0.25) is 0 Å². The van der Waals surface area contributed by atoms with Crippen molar-refractivity contribution in [1.82, 2.24) is 14.8 Å². The molecule has 0 N–H and O–H groups in total. The largest absolute Gasteiger partial charge is 0.312 e. The Balaban J connectivity index is 2.02. The molecule has 0 bridgehead atoms. The van der Waals surface area contributed by atoms with Crippen LogP contribution in [0.1, 0.15) is 5.56 Å². The molecule has 0 saturated heterocycles. The van der Waals surface area contributed by atoms with Crippen LogP contribution in [0.5, 0.6) is 0 Å². The van der Waals surface area contributed by atoms with Gasteiger partial charge in [-0.2, -0.15) is 0 Å². The van der Waals surface area contributed by atoms with Crippen LogP contribution in [-0.2, 0) is 12.8 Å². The third kappa shape index (κ3) is 2.73. The molecule has 0 amide bonds. The average molecular weight is 240 g/mol. The maximum absolute atomic E-state index is 5.89. The van der Waals surface area contributed by atoms with Gasteiger partial charge >= 0.3 is 0 Å². The lowest BCUT2D eigenvalue weighted by Crippen LogP contribution is -1.89. The molecule has 0 spiro atoms. The Morgan fingerprint density at radius 3 is 3.00 bits per heavy atom. The summed E-state index contributed by atoms with van der Waals surface area (Å²) >= 11 is 7.54. The molecule has 78 valence electrons. The number of aromatic nitrogens is 3. The maximum Gasteiger partial charge on any atom is 0.191 e. The molecule has 0 radical (unpaired) electrons. The van der Waals surface area contributed by atoms with Gasteiger partial charge in [-0.25, -0.2) is 0 Å². The SMILES string of the molecule is Cn1cnnc1SCc1cccc(Cl)c1. The minimum Gasteiger partial charge on any atom is -0.312 e. The lowest BCUT2D eigenvalue weighted by atomic mass is 10.2. The number of benzene rings is 1. The van der Waals surface area contributed by atoms with Gasteiger partial charge in [-0.1, -0.05) is 35.5 Å². The van der Waals surface area contributed by atoms with Crippen LogP contribution in [0.4, 0.5) is 0 Å². The van der Waals surface area contributed by atoms with Crippen LogP contribution < -0.4 is 0 Å². The van der Waals surface area contributed by atoms with E-state index < -0.39 is 0 Å². The van der Waals surface area contributed by atoms with Crippen molar-refractivity contribution in [1.29, 1.82) is 0 Å². The summed E-state index contributed by atoms with van der Waals surface area (Å²) < 4.78 is 1.90. The first kappa shape index (κ1) is 10.5. The topological polar surface area (TPSA) is 30.7 Å². The Kier molecular flexibility index (Phi) is 3.28. The number of rotatable bonds is 3. The zero-order valence-corrected chi connectivity index (χ0v) is 9.79. The standard InChI is InChI=1S/C10H10ClN3S/c1-14-7-12-13-10(14)15-6-8-3-2-4-9(11)5-8/h2-5,7H,6H2,1H3. The van der Waals surface area contributed by atoms with Crippen LogP contribution in [0.3, 0.4) is 0 Å². The molecule has 5 heteroatoms. The Bertz CT molecular complexity index is 455. The number of hydrogen-bond donors (Lipinski definition) is 0. The number of nitrogens with zero attached hydrogens (tertiary/aromatic N) is 3. The van der Waals surface area contributed by atoms with Crippen LogP contribution in [0.2, 0.25) is 5.02 Å². The minimum absolute atomic E-state index is 0.770. The summed E-state index contributed by atoms with van der Waals surface area (Å²) in [6.07, 6.45) is 1.69. The van der Waals surface area contributed by atoms with E-state index in [2.05, 4.69) is 16.3 Å². The summed E-state index contributed by atoms with van der Waals surface area (Å²) in [6, 6.07) is 7.84. The van der Waals surface area contributed by atoms with E-state index in [-0.39, 0.29) is 0 Å². The van der Waals surface area contributed by atoms with Gasteiger partial charge in [0, 0.05) is 17.8 Å².